The minimum absolute atomic E-state index is 0.112. The summed E-state index contributed by atoms with van der Waals surface area (Å²) < 4.78 is 29.9. The highest BCUT2D eigenvalue weighted by molar-refractivity contribution is 7.90. The van der Waals surface area contributed by atoms with Gasteiger partial charge in [-0.1, -0.05) is 23.8 Å². The zero-order valence-corrected chi connectivity index (χ0v) is 12.3. The lowest BCUT2D eigenvalue weighted by molar-refractivity contribution is 0.411. The molecule has 106 valence electrons. The molecule has 20 heavy (non-hydrogen) atoms. The van der Waals surface area contributed by atoms with E-state index in [1.807, 2.05) is 6.92 Å². The summed E-state index contributed by atoms with van der Waals surface area (Å²) in [5, 5.41) is 0. The molecule has 5 heteroatoms. The number of aryl methyl sites for hydroxylation is 1. The van der Waals surface area contributed by atoms with Gasteiger partial charge in [0.05, 0.1) is 17.8 Å². The fourth-order valence-electron chi connectivity index (χ4n) is 1.91. The molecule has 0 aromatic heterocycles. The Bertz CT molecular complexity index is 706. The molecule has 0 aliphatic rings. The second-order valence-electron chi connectivity index (χ2n) is 4.64. The summed E-state index contributed by atoms with van der Waals surface area (Å²) in [6.07, 6.45) is 0. The summed E-state index contributed by atoms with van der Waals surface area (Å²) in [5.74, 6) is 0.375. The van der Waals surface area contributed by atoms with Gasteiger partial charge in [-0.15, -0.1) is 0 Å². The van der Waals surface area contributed by atoms with Gasteiger partial charge in [0.2, 0.25) is 0 Å². The first-order valence-corrected chi connectivity index (χ1v) is 7.79. The van der Waals surface area contributed by atoms with Gasteiger partial charge in [-0.2, -0.15) is 0 Å². The molecule has 0 heterocycles. The molecule has 0 aliphatic heterocycles. The normalized spacial score (nSPS) is 11.3. The number of anilines is 1. The molecule has 0 aliphatic carbocycles. The van der Waals surface area contributed by atoms with Crippen LogP contribution in [0.25, 0.3) is 0 Å². The Kier molecular flexibility index (Phi) is 3.99. The van der Waals surface area contributed by atoms with E-state index in [4.69, 9.17) is 10.5 Å². The Morgan fingerprint density at radius 3 is 2.35 bits per heavy atom. The number of rotatable bonds is 4. The van der Waals surface area contributed by atoms with Crippen molar-refractivity contribution in [2.45, 2.75) is 17.6 Å². The number of benzene rings is 2. The Hall–Kier alpha value is -2.01. The molecule has 2 aromatic carbocycles. The van der Waals surface area contributed by atoms with Gasteiger partial charge in [-0.05, 0) is 25.1 Å². The zero-order chi connectivity index (χ0) is 14.8. The number of sulfone groups is 1. The van der Waals surface area contributed by atoms with E-state index in [0.717, 1.165) is 5.56 Å². The van der Waals surface area contributed by atoms with E-state index in [2.05, 4.69) is 0 Å². The lowest BCUT2D eigenvalue weighted by Gasteiger charge is -2.10. The molecule has 2 aromatic rings. The highest BCUT2D eigenvalue weighted by atomic mass is 32.2. The van der Waals surface area contributed by atoms with Crippen molar-refractivity contribution in [1.82, 2.24) is 0 Å². The number of methoxy groups -OCH3 is 1. The van der Waals surface area contributed by atoms with Crippen molar-refractivity contribution in [1.29, 1.82) is 0 Å². The van der Waals surface area contributed by atoms with E-state index in [0.29, 0.717) is 21.9 Å². The third-order valence-corrected chi connectivity index (χ3v) is 4.72. The summed E-state index contributed by atoms with van der Waals surface area (Å²) >= 11 is 0. The molecule has 0 amide bonds. The van der Waals surface area contributed by atoms with Crippen LogP contribution >= 0.6 is 0 Å². The van der Waals surface area contributed by atoms with Gasteiger partial charge in [0, 0.05) is 17.3 Å². The second kappa shape index (κ2) is 5.54. The van der Waals surface area contributed by atoms with Gasteiger partial charge in [-0.3, -0.25) is 0 Å². The number of nitrogen functional groups attached to an aromatic ring is 1. The number of nitrogens with two attached hydrogens (primary N) is 1. The van der Waals surface area contributed by atoms with Gasteiger partial charge in [0.15, 0.2) is 9.84 Å². The van der Waals surface area contributed by atoms with Gasteiger partial charge < -0.3 is 10.5 Å². The van der Waals surface area contributed by atoms with Crippen molar-refractivity contribution in [3.8, 4) is 5.75 Å². The maximum absolute atomic E-state index is 12.4. The summed E-state index contributed by atoms with van der Waals surface area (Å²) in [6.45, 7) is 1.92. The molecule has 0 radical (unpaired) electrons. The van der Waals surface area contributed by atoms with Gasteiger partial charge in [-0.25, -0.2) is 8.42 Å². The summed E-state index contributed by atoms with van der Waals surface area (Å²) in [7, 11) is -1.90. The molecule has 0 bridgehead atoms. The van der Waals surface area contributed by atoms with Crippen LogP contribution in [0.4, 0.5) is 5.69 Å². The van der Waals surface area contributed by atoms with Crippen molar-refractivity contribution >= 4 is 15.5 Å². The highest BCUT2D eigenvalue weighted by Gasteiger charge is 2.17. The lowest BCUT2D eigenvalue weighted by Crippen LogP contribution is -2.06. The Morgan fingerprint density at radius 2 is 1.75 bits per heavy atom. The quantitative estimate of drug-likeness (QED) is 0.879. The molecule has 2 N–H and O–H groups in total. The van der Waals surface area contributed by atoms with Crippen LogP contribution in [0.1, 0.15) is 11.1 Å². The molecule has 0 saturated carbocycles. The molecular formula is C15H17NO3S. The Morgan fingerprint density at radius 1 is 1.10 bits per heavy atom. The maximum Gasteiger partial charge on any atom is 0.182 e. The molecule has 4 nitrogen and oxygen atoms in total. The minimum Gasteiger partial charge on any atom is -0.496 e. The van der Waals surface area contributed by atoms with Gasteiger partial charge in [0.25, 0.3) is 0 Å². The van der Waals surface area contributed by atoms with Crippen LogP contribution in [0.15, 0.2) is 47.4 Å². The highest BCUT2D eigenvalue weighted by Crippen LogP contribution is 2.26. The van der Waals surface area contributed by atoms with Crippen LogP contribution in [0, 0.1) is 6.92 Å². The first-order valence-electron chi connectivity index (χ1n) is 6.14. The van der Waals surface area contributed by atoms with E-state index in [9.17, 15) is 8.42 Å². The van der Waals surface area contributed by atoms with E-state index >= 15 is 0 Å². The topological polar surface area (TPSA) is 69.4 Å². The standard InChI is InChI=1S/C15H17NO3S/c1-11-3-7-14(8-4-11)20(17,18)10-12-5-6-13(16)9-15(12)19-2/h3-9H,10,16H2,1-2H3. The lowest BCUT2D eigenvalue weighted by atomic mass is 10.2. The fraction of sp³-hybridized carbons (Fsp3) is 0.200. The van der Waals surface area contributed by atoms with Crippen LogP contribution in [0.5, 0.6) is 5.75 Å². The smallest absolute Gasteiger partial charge is 0.182 e. The van der Waals surface area contributed by atoms with Crippen LogP contribution in [0.2, 0.25) is 0 Å². The average molecular weight is 291 g/mol. The molecule has 2 rings (SSSR count). The van der Waals surface area contributed by atoms with Crippen LogP contribution in [0.3, 0.4) is 0 Å². The molecule has 0 fully saturated rings. The Labute approximate surface area is 119 Å². The van der Waals surface area contributed by atoms with E-state index in [-0.39, 0.29) is 5.75 Å². The zero-order valence-electron chi connectivity index (χ0n) is 11.5. The summed E-state index contributed by atoms with van der Waals surface area (Å²) in [6, 6.07) is 11.8. The molecule has 0 unspecified atom stereocenters. The van der Waals surface area contributed by atoms with Crippen molar-refractivity contribution in [3.05, 3.63) is 53.6 Å². The van der Waals surface area contributed by atoms with E-state index in [1.165, 1.54) is 7.11 Å². The maximum atomic E-state index is 12.4. The SMILES string of the molecule is COc1cc(N)ccc1CS(=O)(=O)c1ccc(C)cc1. The predicted molar refractivity (Wildman–Crippen MR) is 79.5 cm³/mol. The third kappa shape index (κ3) is 3.11. The fourth-order valence-corrected chi connectivity index (χ4v) is 3.28. The van der Waals surface area contributed by atoms with Crippen LogP contribution in [-0.4, -0.2) is 15.5 Å². The van der Waals surface area contributed by atoms with Crippen molar-refractivity contribution in [3.63, 3.8) is 0 Å². The van der Waals surface area contributed by atoms with Crippen molar-refractivity contribution in [2.75, 3.05) is 12.8 Å². The van der Waals surface area contributed by atoms with Crippen LogP contribution in [-0.2, 0) is 15.6 Å². The molecule has 0 spiro atoms. The summed E-state index contributed by atoms with van der Waals surface area (Å²) in [5.41, 5.74) is 7.83. The van der Waals surface area contributed by atoms with Crippen molar-refractivity contribution < 1.29 is 13.2 Å². The predicted octanol–water partition coefficient (Wildman–Crippen LogP) is 2.56. The average Bonchev–Trinajstić information content (AvgIpc) is 2.41. The van der Waals surface area contributed by atoms with E-state index in [1.54, 1.807) is 42.5 Å². The largest absolute Gasteiger partial charge is 0.496 e. The summed E-state index contributed by atoms with van der Waals surface area (Å²) in [4.78, 5) is 0.307. The first kappa shape index (κ1) is 14.4. The molecular weight excluding hydrogens is 274 g/mol. The number of hydrogen-bond acceptors (Lipinski definition) is 4. The third-order valence-electron chi connectivity index (χ3n) is 3.04. The monoisotopic (exact) mass is 291 g/mol. The number of ether oxygens (including phenoxy) is 1. The second-order valence-corrected chi connectivity index (χ2v) is 6.63. The van der Waals surface area contributed by atoms with E-state index < -0.39 is 9.84 Å². The first-order chi connectivity index (χ1) is 9.42. The number of hydrogen-bond donors (Lipinski definition) is 1. The van der Waals surface area contributed by atoms with Crippen molar-refractivity contribution in [2.24, 2.45) is 0 Å². The van der Waals surface area contributed by atoms with Crippen LogP contribution < -0.4 is 10.5 Å². The molecule has 0 atom stereocenters. The van der Waals surface area contributed by atoms with Gasteiger partial charge in [0.1, 0.15) is 5.75 Å². The Balaban J connectivity index is 2.35. The van der Waals surface area contributed by atoms with Gasteiger partial charge >= 0.3 is 0 Å². The molecule has 0 saturated heterocycles. The minimum atomic E-state index is -3.40.